The van der Waals surface area contributed by atoms with Gasteiger partial charge in [0, 0.05) is 24.5 Å². The third-order valence-corrected chi connectivity index (χ3v) is 4.87. The molecule has 4 heteroatoms. The largest absolute Gasteiger partial charge is 0.387 e. The van der Waals surface area contributed by atoms with E-state index in [0.717, 1.165) is 25.3 Å². The fraction of sp³-hybridized carbons (Fsp3) is 0.412. The Morgan fingerprint density at radius 3 is 2.86 bits per heavy atom. The molecule has 1 saturated heterocycles. The first-order valence-corrected chi connectivity index (χ1v) is 8.22. The monoisotopic (exact) mass is 303 g/mol. The number of hydrogen-bond donors (Lipinski definition) is 1. The van der Waals surface area contributed by atoms with Crippen molar-refractivity contribution in [3.8, 4) is 0 Å². The molecule has 1 aromatic carbocycles. The molecule has 1 aliphatic heterocycles. The number of ether oxygens (including phenoxy) is 1. The van der Waals surface area contributed by atoms with Crippen LogP contribution in [0.3, 0.4) is 0 Å². The Balaban J connectivity index is 1.60. The topological polar surface area (TPSA) is 32.7 Å². The summed E-state index contributed by atoms with van der Waals surface area (Å²) in [4.78, 5) is 3.56. The highest BCUT2D eigenvalue weighted by atomic mass is 32.1. The fourth-order valence-electron chi connectivity index (χ4n) is 2.65. The van der Waals surface area contributed by atoms with Crippen LogP contribution in [0.5, 0.6) is 0 Å². The zero-order chi connectivity index (χ0) is 14.7. The second kappa shape index (κ2) is 6.71. The molecular formula is C17H21NO2S. The van der Waals surface area contributed by atoms with Crippen molar-refractivity contribution in [2.24, 2.45) is 0 Å². The van der Waals surface area contributed by atoms with Gasteiger partial charge >= 0.3 is 0 Å². The van der Waals surface area contributed by atoms with Crippen molar-refractivity contribution in [2.75, 3.05) is 26.2 Å². The molecule has 0 saturated carbocycles. The first-order valence-electron chi connectivity index (χ1n) is 7.34. The molecule has 2 aromatic rings. The average molecular weight is 303 g/mol. The molecule has 0 aliphatic carbocycles. The van der Waals surface area contributed by atoms with Crippen LogP contribution in [0.1, 0.15) is 28.2 Å². The Bertz CT molecular complexity index is 553. The zero-order valence-electron chi connectivity index (χ0n) is 12.2. The standard InChI is InChI=1S/C17H21NO2S/c1-13-4-6-14(7-5-13)15(19)11-18-8-9-20-16(12-18)17-3-2-10-21-17/h2-7,10,15-16,19H,8-9,11-12H2,1H3. The number of aliphatic hydroxyl groups is 1. The summed E-state index contributed by atoms with van der Waals surface area (Å²) in [7, 11) is 0. The minimum absolute atomic E-state index is 0.143. The van der Waals surface area contributed by atoms with Crippen molar-refractivity contribution in [1.82, 2.24) is 4.90 Å². The Morgan fingerprint density at radius 1 is 1.33 bits per heavy atom. The van der Waals surface area contributed by atoms with Crippen molar-refractivity contribution in [3.05, 3.63) is 57.8 Å². The van der Waals surface area contributed by atoms with Crippen molar-refractivity contribution in [1.29, 1.82) is 0 Å². The molecule has 1 aliphatic rings. The smallest absolute Gasteiger partial charge is 0.104 e. The second-order valence-corrected chi connectivity index (χ2v) is 6.54. The number of aliphatic hydroxyl groups excluding tert-OH is 1. The van der Waals surface area contributed by atoms with Gasteiger partial charge in [-0.25, -0.2) is 0 Å². The van der Waals surface area contributed by atoms with Crippen LogP contribution in [0.25, 0.3) is 0 Å². The maximum absolute atomic E-state index is 10.4. The Kier molecular flexibility index (Phi) is 4.70. The van der Waals surface area contributed by atoms with E-state index >= 15 is 0 Å². The fourth-order valence-corrected chi connectivity index (χ4v) is 3.42. The molecule has 1 fully saturated rings. The molecule has 3 nitrogen and oxygen atoms in total. The summed E-state index contributed by atoms with van der Waals surface area (Å²) >= 11 is 1.73. The van der Waals surface area contributed by atoms with E-state index in [9.17, 15) is 5.11 Å². The summed E-state index contributed by atoms with van der Waals surface area (Å²) < 4.78 is 5.84. The van der Waals surface area contributed by atoms with E-state index in [0.29, 0.717) is 6.54 Å². The van der Waals surface area contributed by atoms with E-state index in [2.05, 4.69) is 29.3 Å². The van der Waals surface area contributed by atoms with E-state index in [1.54, 1.807) is 11.3 Å². The van der Waals surface area contributed by atoms with Gasteiger partial charge in [0.1, 0.15) is 6.10 Å². The van der Waals surface area contributed by atoms with E-state index in [1.165, 1.54) is 10.4 Å². The van der Waals surface area contributed by atoms with Crippen LogP contribution in [-0.4, -0.2) is 36.2 Å². The number of morpholine rings is 1. The van der Waals surface area contributed by atoms with Gasteiger partial charge in [0.2, 0.25) is 0 Å². The molecule has 3 rings (SSSR count). The molecule has 2 heterocycles. The van der Waals surface area contributed by atoms with Gasteiger partial charge < -0.3 is 9.84 Å². The molecule has 2 atom stereocenters. The number of nitrogens with zero attached hydrogens (tertiary/aromatic N) is 1. The highest BCUT2D eigenvalue weighted by Crippen LogP contribution is 2.27. The van der Waals surface area contributed by atoms with Crippen LogP contribution >= 0.6 is 11.3 Å². The van der Waals surface area contributed by atoms with Gasteiger partial charge in [-0.3, -0.25) is 4.90 Å². The summed E-state index contributed by atoms with van der Waals surface area (Å²) in [6.07, 6.45) is -0.295. The number of thiophene rings is 1. The number of benzene rings is 1. The van der Waals surface area contributed by atoms with E-state index in [-0.39, 0.29) is 6.10 Å². The minimum atomic E-state index is -0.437. The number of β-amino-alcohol motifs (C(OH)–C–C–N with tert-alkyl or cyclic N) is 1. The highest BCUT2D eigenvalue weighted by Gasteiger charge is 2.24. The van der Waals surface area contributed by atoms with Gasteiger partial charge in [-0.15, -0.1) is 11.3 Å². The van der Waals surface area contributed by atoms with Crippen LogP contribution in [0.2, 0.25) is 0 Å². The van der Waals surface area contributed by atoms with Crippen LogP contribution in [0.15, 0.2) is 41.8 Å². The molecular weight excluding hydrogens is 282 g/mol. The first kappa shape index (κ1) is 14.7. The van der Waals surface area contributed by atoms with Crippen molar-refractivity contribution < 1.29 is 9.84 Å². The van der Waals surface area contributed by atoms with Gasteiger partial charge in [-0.1, -0.05) is 35.9 Å². The molecule has 1 aromatic heterocycles. The third kappa shape index (κ3) is 3.71. The lowest BCUT2D eigenvalue weighted by atomic mass is 10.1. The van der Waals surface area contributed by atoms with Gasteiger partial charge in [-0.2, -0.15) is 0 Å². The van der Waals surface area contributed by atoms with Gasteiger partial charge in [-0.05, 0) is 23.9 Å². The highest BCUT2D eigenvalue weighted by molar-refractivity contribution is 7.10. The van der Waals surface area contributed by atoms with Crippen molar-refractivity contribution >= 4 is 11.3 Å². The van der Waals surface area contributed by atoms with Crippen molar-refractivity contribution in [3.63, 3.8) is 0 Å². The molecule has 0 amide bonds. The normalized spacial score (nSPS) is 21.3. The number of hydrogen-bond acceptors (Lipinski definition) is 4. The lowest BCUT2D eigenvalue weighted by Gasteiger charge is -2.33. The third-order valence-electron chi connectivity index (χ3n) is 3.90. The lowest BCUT2D eigenvalue weighted by molar-refractivity contribution is -0.0408. The van der Waals surface area contributed by atoms with E-state index in [4.69, 9.17) is 4.74 Å². The second-order valence-electron chi connectivity index (χ2n) is 5.56. The van der Waals surface area contributed by atoms with E-state index < -0.39 is 6.10 Å². The molecule has 0 radical (unpaired) electrons. The maximum atomic E-state index is 10.4. The Morgan fingerprint density at radius 2 is 2.14 bits per heavy atom. The molecule has 2 unspecified atom stereocenters. The van der Waals surface area contributed by atoms with Gasteiger partial charge in [0.15, 0.2) is 0 Å². The SMILES string of the molecule is Cc1ccc(C(O)CN2CCOC(c3cccs3)C2)cc1. The van der Waals surface area contributed by atoms with Crippen LogP contribution in [-0.2, 0) is 4.74 Å². The van der Waals surface area contributed by atoms with Gasteiger partial charge in [0.25, 0.3) is 0 Å². The molecule has 0 spiro atoms. The van der Waals surface area contributed by atoms with Crippen molar-refractivity contribution in [2.45, 2.75) is 19.1 Å². The number of aryl methyl sites for hydroxylation is 1. The maximum Gasteiger partial charge on any atom is 0.104 e. The predicted octanol–water partition coefficient (Wildman–Crippen LogP) is 3.16. The summed E-state index contributed by atoms with van der Waals surface area (Å²) in [6.45, 7) is 5.18. The lowest BCUT2D eigenvalue weighted by Crippen LogP contribution is -2.40. The zero-order valence-corrected chi connectivity index (χ0v) is 13.1. The molecule has 0 bridgehead atoms. The van der Waals surface area contributed by atoms with Crippen LogP contribution in [0.4, 0.5) is 0 Å². The minimum Gasteiger partial charge on any atom is -0.387 e. The summed E-state index contributed by atoms with van der Waals surface area (Å²) in [5.74, 6) is 0. The molecule has 21 heavy (non-hydrogen) atoms. The molecule has 112 valence electrons. The molecule has 1 N–H and O–H groups in total. The quantitative estimate of drug-likeness (QED) is 0.942. The summed E-state index contributed by atoms with van der Waals surface area (Å²) in [5.41, 5.74) is 2.20. The average Bonchev–Trinajstić information content (AvgIpc) is 3.02. The number of rotatable bonds is 4. The van der Waals surface area contributed by atoms with Crippen LogP contribution < -0.4 is 0 Å². The predicted molar refractivity (Wildman–Crippen MR) is 85.6 cm³/mol. The van der Waals surface area contributed by atoms with E-state index in [1.807, 2.05) is 24.3 Å². The summed E-state index contributed by atoms with van der Waals surface area (Å²) in [6, 6.07) is 12.3. The van der Waals surface area contributed by atoms with Gasteiger partial charge in [0.05, 0.1) is 12.7 Å². The first-order chi connectivity index (χ1) is 10.2. The summed E-state index contributed by atoms with van der Waals surface area (Å²) in [5, 5.41) is 12.5. The Hall–Kier alpha value is -1.20. The van der Waals surface area contributed by atoms with Crippen LogP contribution in [0, 0.1) is 6.92 Å². The Labute approximate surface area is 129 Å².